The third-order valence-electron chi connectivity index (χ3n) is 3.20. The van der Waals surface area contributed by atoms with Crippen molar-refractivity contribution in [3.05, 3.63) is 18.6 Å². The van der Waals surface area contributed by atoms with Crippen molar-refractivity contribution in [1.29, 1.82) is 0 Å². The first-order valence-corrected chi connectivity index (χ1v) is 5.59. The number of fused-ring (bicyclic) bond motifs is 1. The van der Waals surface area contributed by atoms with Gasteiger partial charge in [-0.05, 0) is 12.5 Å². The van der Waals surface area contributed by atoms with Crippen LogP contribution in [-0.2, 0) is 4.74 Å². The number of aliphatic hydroxyl groups is 1. The monoisotopic (exact) mass is 234 g/mol. The molecular weight excluding hydrogens is 220 g/mol. The van der Waals surface area contributed by atoms with E-state index >= 15 is 0 Å². The minimum atomic E-state index is -0.0726. The van der Waals surface area contributed by atoms with E-state index in [0.29, 0.717) is 12.4 Å². The smallest absolute Gasteiger partial charge is 0.145 e. The molecule has 1 fully saturated rings. The number of aromatic nitrogens is 3. The molecule has 6 nitrogen and oxygen atoms in total. The summed E-state index contributed by atoms with van der Waals surface area (Å²) in [6, 6.07) is 2.12. The molecule has 3 heterocycles. The van der Waals surface area contributed by atoms with E-state index < -0.39 is 0 Å². The third kappa shape index (κ3) is 1.65. The van der Waals surface area contributed by atoms with Crippen molar-refractivity contribution in [2.24, 2.45) is 0 Å². The molecule has 90 valence electrons. The van der Waals surface area contributed by atoms with Crippen LogP contribution >= 0.6 is 0 Å². The van der Waals surface area contributed by atoms with Crippen molar-refractivity contribution in [3.63, 3.8) is 0 Å². The first kappa shape index (κ1) is 10.5. The van der Waals surface area contributed by atoms with Gasteiger partial charge in [-0.2, -0.15) is 0 Å². The maximum Gasteiger partial charge on any atom is 0.145 e. The number of hydrogen-bond donors (Lipinski definition) is 2. The van der Waals surface area contributed by atoms with E-state index in [4.69, 9.17) is 15.6 Å². The Kier molecular flexibility index (Phi) is 2.45. The zero-order valence-corrected chi connectivity index (χ0v) is 9.28. The minimum absolute atomic E-state index is 0.0623. The second-order valence-corrected chi connectivity index (χ2v) is 4.25. The number of nitrogens with zero attached hydrogens (tertiary/aromatic N) is 3. The highest BCUT2D eigenvalue weighted by atomic mass is 16.5. The normalized spacial score (nSPS) is 24.5. The molecule has 0 aromatic carbocycles. The quantitative estimate of drug-likeness (QED) is 0.782. The molecule has 2 atom stereocenters. The van der Waals surface area contributed by atoms with Crippen molar-refractivity contribution in [3.8, 4) is 0 Å². The maximum atomic E-state index is 9.06. The molecule has 6 heteroatoms. The first-order valence-electron chi connectivity index (χ1n) is 5.59. The molecule has 0 aliphatic carbocycles. The topological polar surface area (TPSA) is 86.2 Å². The summed E-state index contributed by atoms with van der Waals surface area (Å²) in [5.74, 6) is 0.492. The van der Waals surface area contributed by atoms with Crippen LogP contribution in [0.2, 0.25) is 0 Å². The third-order valence-corrected chi connectivity index (χ3v) is 3.20. The van der Waals surface area contributed by atoms with E-state index in [0.717, 1.165) is 17.5 Å². The van der Waals surface area contributed by atoms with Crippen LogP contribution in [0.3, 0.4) is 0 Å². The van der Waals surface area contributed by atoms with E-state index in [-0.39, 0.29) is 18.8 Å². The van der Waals surface area contributed by atoms with Crippen LogP contribution in [0.4, 0.5) is 5.82 Å². The van der Waals surface area contributed by atoms with Gasteiger partial charge in [0, 0.05) is 6.20 Å². The lowest BCUT2D eigenvalue weighted by Crippen LogP contribution is -2.11. The molecule has 2 aromatic heterocycles. The van der Waals surface area contributed by atoms with Crippen molar-refractivity contribution in [1.82, 2.24) is 14.5 Å². The van der Waals surface area contributed by atoms with Gasteiger partial charge in [0.2, 0.25) is 0 Å². The number of ether oxygens (including phenoxy) is 1. The lowest BCUT2D eigenvalue weighted by Gasteiger charge is -2.11. The van der Waals surface area contributed by atoms with Crippen molar-refractivity contribution in [2.45, 2.75) is 18.6 Å². The summed E-state index contributed by atoms with van der Waals surface area (Å²) in [7, 11) is 0. The first-order chi connectivity index (χ1) is 8.29. The number of aliphatic hydroxyl groups excluding tert-OH is 1. The minimum Gasteiger partial charge on any atom is -0.394 e. The van der Waals surface area contributed by atoms with E-state index in [2.05, 4.69) is 9.97 Å². The van der Waals surface area contributed by atoms with Crippen LogP contribution in [0.15, 0.2) is 18.6 Å². The van der Waals surface area contributed by atoms with Crippen molar-refractivity contribution >= 4 is 16.9 Å². The standard InChI is InChI=1S/C11H14N4O2/c12-10-9-1-2-15(11(9)14-6-13-10)7-3-8(4-16)17-5-7/h1-2,6-8,16H,3-5H2,(H2,12,13,14)/t7-,8?/m1/s1. The molecule has 2 aromatic rings. The van der Waals surface area contributed by atoms with Gasteiger partial charge in [0.15, 0.2) is 0 Å². The highest BCUT2D eigenvalue weighted by Gasteiger charge is 2.27. The zero-order valence-electron chi connectivity index (χ0n) is 9.28. The van der Waals surface area contributed by atoms with Crippen LogP contribution in [0.5, 0.6) is 0 Å². The molecular formula is C11H14N4O2. The van der Waals surface area contributed by atoms with Gasteiger partial charge in [0.1, 0.15) is 17.8 Å². The van der Waals surface area contributed by atoms with Gasteiger partial charge >= 0.3 is 0 Å². The fourth-order valence-electron chi connectivity index (χ4n) is 2.29. The van der Waals surface area contributed by atoms with E-state index in [9.17, 15) is 0 Å². The van der Waals surface area contributed by atoms with Gasteiger partial charge in [-0.25, -0.2) is 9.97 Å². The second-order valence-electron chi connectivity index (χ2n) is 4.25. The molecule has 0 saturated carbocycles. The molecule has 0 bridgehead atoms. The molecule has 1 aliphatic heterocycles. The van der Waals surface area contributed by atoms with Crippen LogP contribution in [0.25, 0.3) is 11.0 Å². The number of nitrogens with two attached hydrogens (primary N) is 1. The zero-order chi connectivity index (χ0) is 11.8. The summed E-state index contributed by atoms with van der Waals surface area (Å²) < 4.78 is 7.52. The molecule has 17 heavy (non-hydrogen) atoms. The Labute approximate surface area is 98.0 Å². The number of nitrogen functional groups attached to an aromatic ring is 1. The summed E-state index contributed by atoms with van der Waals surface area (Å²) in [5, 5.41) is 9.92. The lowest BCUT2D eigenvalue weighted by molar-refractivity contribution is 0.0576. The summed E-state index contributed by atoms with van der Waals surface area (Å²) in [5.41, 5.74) is 6.61. The Morgan fingerprint density at radius 1 is 1.53 bits per heavy atom. The van der Waals surface area contributed by atoms with E-state index in [1.807, 2.05) is 16.8 Å². The van der Waals surface area contributed by atoms with Crippen molar-refractivity contribution < 1.29 is 9.84 Å². The van der Waals surface area contributed by atoms with Crippen LogP contribution in [-0.4, -0.2) is 39.0 Å². The Balaban J connectivity index is 1.99. The molecule has 0 amide bonds. The van der Waals surface area contributed by atoms with Gasteiger partial charge in [-0.1, -0.05) is 0 Å². The predicted octanol–water partition coefficient (Wildman–Crippen LogP) is 0.336. The van der Waals surface area contributed by atoms with Crippen LogP contribution < -0.4 is 5.73 Å². The van der Waals surface area contributed by atoms with Gasteiger partial charge < -0.3 is 20.1 Å². The predicted molar refractivity (Wildman–Crippen MR) is 62.4 cm³/mol. The average molecular weight is 234 g/mol. The number of hydrogen-bond acceptors (Lipinski definition) is 5. The van der Waals surface area contributed by atoms with Gasteiger partial charge in [0.05, 0.1) is 30.7 Å². The summed E-state index contributed by atoms with van der Waals surface area (Å²) in [4.78, 5) is 8.21. The molecule has 1 aliphatic rings. The summed E-state index contributed by atoms with van der Waals surface area (Å²) in [6.07, 6.45) is 4.14. The van der Waals surface area contributed by atoms with Gasteiger partial charge in [0.25, 0.3) is 0 Å². The van der Waals surface area contributed by atoms with Crippen LogP contribution in [0, 0.1) is 0 Å². The highest BCUT2D eigenvalue weighted by molar-refractivity contribution is 5.86. The molecule has 1 saturated heterocycles. The molecule has 0 spiro atoms. The molecule has 3 rings (SSSR count). The Hall–Kier alpha value is -1.66. The fraction of sp³-hybridized carbons (Fsp3) is 0.455. The average Bonchev–Trinajstić information content (AvgIpc) is 2.94. The van der Waals surface area contributed by atoms with E-state index in [1.54, 1.807) is 0 Å². The van der Waals surface area contributed by atoms with Crippen LogP contribution in [0.1, 0.15) is 12.5 Å². The number of rotatable bonds is 2. The van der Waals surface area contributed by atoms with Gasteiger partial charge in [-0.15, -0.1) is 0 Å². The SMILES string of the molecule is Nc1ncnc2c1ccn2[C@H]1COC(CO)C1. The number of anilines is 1. The molecule has 1 unspecified atom stereocenters. The van der Waals surface area contributed by atoms with E-state index in [1.165, 1.54) is 6.33 Å². The Morgan fingerprint density at radius 3 is 3.18 bits per heavy atom. The Morgan fingerprint density at radius 2 is 2.41 bits per heavy atom. The Bertz CT molecular complexity index is 539. The largest absolute Gasteiger partial charge is 0.394 e. The maximum absolute atomic E-state index is 9.06. The summed E-state index contributed by atoms with van der Waals surface area (Å²) >= 11 is 0. The molecule has 0 radical (unpaired) electrons. The summed E-state index contributed by atoms with van der Waals surface area (Å²) in [6.45, 7) is 0.658. The van der Waals surface area contributed by atoms with Gasteiger partial charge in [-0.3, -0.25) is 0 Å². The molecule has 3 N–H and O–H groups in total. The van der Waals surface area contributed by atoms with Crippen molar-refractivity contribution in [2.75, 3.05) is 18.9 Å². The lowest BCUT2D eigenvalue weighted by atomic mass is 10.2. The fourth-order valence-corrected chi connectivity index (χ4v) is 2.29. The highest BCUT2D eigenvalue weighted by Crippen LogP contribution is 2.28. The second kappa shape index (κ2) is 3.97.